The van der Waals surface area contributed by atoms with E-state index in [-0.39, 0.29) is 35.6 Å². The molecule has 1 N–H and O–H groups in total. The molecule has 34 heavy (non-hydrogen) atoms. The molecule has 5 aliphatic rings. The summed E-state index contributed by atoms with van der Waals surface area (Å²) in [5.41, 5.74) is -0.994. The molecule has 1 saturated heterocycles. The van der Waals surface area contributed by atoms with E-state index in [1.807, 2.05) is 32.9 Å². The van der Waals surface area contributed by atoms with Crippen LogP contribution in [0, 0.1) is 34.5 Å². The molecule has 1 aliphatic heterocycles. The van der Waals surface area contributed by atoms with Gasteiger partial charge in [-0.25, -0.2) is 4.79 Å². The number of carbonyl (C=O) groups excluding carboxylic acids is 2. The first kappa shape index (κ1) is 24.0. The highest BCUT2D eigenvalue weighted by atomic mass is 16.7. The second-order valence-electron chi connectivity index (χ2n) is 12.2. The Hall–Kier alpha value is -1.76. The lowest BCUT2D eigenvalue weighted by Gasteiger charge is -2.52. The molecule has 8 atom stereocenters. The maximum atomic E-state index is 14.6. The van der Waals surface area contributed by atoms with Crippen molar-refractivity contribution >= 4 is 11.8 Å². The molecule has 6 heteroatoms. The first-order valence-electron chi connectivity index (χ1n) is 12.5. The minimum atomic E-state index is -1.76. The SMILES string of the molecule is C/C=C(/C)C(=O)O[C@H]1C(C)=C[C@]23C(=O)[C@@H](C=C4COC(C)(C)O[C@H]4C12O)[C@H]1[C@@H](C[C@H]3C)C1(C)C. The second-order valence-corrected chi connectivity index (χ2v) is 12.2. The standard InChI is InChI=1S/C28H38O6/c1-9-14(2)24(30)33-22-15(3)12-27-16(4)10-19-20(25(19,5)6)18(21(27)29)11-17-13-32-26(7,8)34-23(17)28(22,27)31/h9,11-12,16,18-20,22-23,31H,10,13H2,1-8H3/b14-9-/t16-,18+,19-,20+,22+,23-,27+,28?/m1/s1. The van der Waals surface area contributed by atoms with Crippen LogP contribution in [0.5, 0.6) is 0 Å². The summed E-state index contributed by atoms with van der Waals surface area (Å²) in [6.07, 6.45) is 4.62. The summed E-state index contributed by atoms with van der Waals surface area (Å²) in [6, 6.07) is 0. The van der Waals surface area contributed by atoms with Crippen molar-refractivity contribution in [3.63, 3.8) is 0 Å². The monoisotopic (exact) mass is 470 g/mol. The third-order valence-corrected chi connectivity index (χ3v) is 9.65. The summed E-state index contributed by atoms with van der Waals surface area (Å²) in [4.78, 5) is 27.5. The zero-order valence-electron chi connectivity index (χ0n) is 21.6. The number of Topliss-reactive ketones (excluding diaryl/α,β-unsaturated/α-hetero) is 1. The Morgan fingerprint density at radius 1 is 1.26 bits per heavy atom. The third kappa shape index (κ3) is 2.85. The summed E-state index contributed by atoms with van der Waals surface area (Å²) >= 11 is 0. The van der Waals surface area contributed by atoms with Crippen LogP contribution in [-0.2, 0) is 23.8 Å². The summed E-state index contributed by atoms with van der Waals surface area (Å²) in [7, 11) is 0. The highest BCUT2D eigenvalue weighted by Crippen LogP contribution is 2.72. The lowest BCUT2D eigenvalue weighted by atomic mass is 9.59. The first-order chi connectivity index (χ1) is 15.7. The molecule has 1 heterocycles. The van der Waals surface area contributed by atoms with E-state index in [2.05, 4.69) is 20.8 Å². The maximum Gasteiger partial charge on any atom is 0.334 e. The van der Waals surface area contributed by atoms with Crippen LogP contribution in [0.25, 0.3) is 0 Å². The van der Waals surface area contributed by atoms with Gasteiger partial charge in [0.2, 0.25) is 0 Å². The van der Waals surface area contributed by atoms with Crippen LogP contribution in [0.1, 0.15) is 61.8 Å². The van der Waals surface area contributed by atoms with E-state index in [1.54, 1.807) is 19.9 Å². The van der Waals surface area contributed by atoms with Gasteiger partial charge in [0.1, 0.15) is 6.10 Å². The molecule has 2 saturated carbocycles. The lowest BCUT2D eigenvalue weighted by molar-refractivity contribution is -0.303. The van der Waals surface area contributed by atoms with Crippen LogP contribution < -0.4 is 0 Å². The van der Waals surface area contributed by atoms with E-state index in [1.165, 1.54) is 0 Å². The quantitative estimate of drug-likeness (QED) is 0.371. The van der Waals surface area contributed by atoms with Crippen LogP contribution in [0.15, 0.2) is 34.9 Å². The minimum Gasteiger partial charge on any atom is -0.451 e. The van der Waals surface area contributed by atoms with Crippen LogP contribution in [0.2, 0.25) is 0 Å². The van der Waals surface area contributed by atoms with Gasteiger partial charge in [-0.3, -0.25) is 4.79 Å². The molecule has 186 valence electrons. The third-order valence-electron chi connectivity index (χ3n) is 9.65. The zero-order valence-corrected chi connectivity index (χ0v) is 21.6. The molecule has 5 rings (SSSR count). The van der Waals surface area contributed by atoms with Gasteiger partial charge in [-0.1, -0.05) is 39.0 Å². The Bertz CT molecular complexity index is 1050. The summed E-state index contributed by atoms with van der Waals surface area (Å²) in [6.45, 7) is 15.8. The molecule has 0 aromatic heterocycles. The maximum absolute atomic E-state index is 14.6. The molecule has 0 amide bonds. The predicted octanol–water partition coefficient (Wildman–Crippen LogP) is 4.13. The van der Waals surface area contributed by atoms with Crippen LogP contribution in [-0.4, -0.2) is 47.1 Å². The molecule has 0 aromatic carbocycles. The number of aliphatic hydroxyl groups is 1. The number of ketones is 1. The van der Waals surface area contributed by atoms with Crippen molar-refractivity contribution in [2.45, 2.75) is 85.4 Å². The molecule has 4 aliphatic carbocycles. The summed E-state index contributed by atoms with van der Waals surface area (Å²) in [5, 5.41) is 12.9. The van der Waals surface area contributed by atoms with Gasteiger partial charge >= 0.3 is 5.97 Å². The van der Waals surface area contributed by atoms with Crippen LogP contribution >= 0.6 is 0 Å². The number of hydrogen-bond acceptors (Lipinski definition) is 6. The van der Waals surface area contributed by atoms with E-state index >= 15 is 0 Å². The van der Waals surface area contributed by atoms with Gasteiger partial charge in [-0.15, -0.1) is 0 Å². The van der Waals surface area contributed by atoms with Gasteiger partial charge in [0, 0.05) is 11.5 Å². The fourth-order valence-electron chi connectivity index (χ4n) is 7.62. The topological polar surface area (TPSA) is 82.1 Å². The highest BCUT2D eigenvalue weighted by Gasteiger charge is 2.77. The Morgan fingerprint density at radius 2 is 1.94 bits per heavy atom. The lowest BCUT2D eigenvalue weighted by Crippen LogP contribution is -2.68. The molecular formula is C28H38O6. The number of allylic oxidation sites excluding steroid dienone is 2. The van der Waals surface area contributed by atoms with E-state index in [4.69, 9.17) is 14.2 Å². The average molecular weight is 471 g/mol. The van der Waals surface area contributed by atoms with Gasteiger partial charge in [-0.2, -0.15) is 0 Å². The molecular weight excluding hydrogens is 432 g/mol. The van der Waals surface area contributed by atoms with Crippen LogP contribution in [0.4, 0.5) is 0 Å². The van der Waals surface area contributed by atoms with Crippen LogP contribution in [0.3, 0.4) is 0 Å². The Balaban J connectivity index is 1.72. The molecule has 1 unspecified atom stereocenters. The van der Waals surface area contributed by atoms with Gasteiger partial charge < -0.3 is 19.3 Å². The minimum absolute atomic E-state index is 0.0181. The fourth-order valence-corrected chi connectivity index (χ4v) is 7.62. The van der Waals surface area contributed by atoms with Crippen molar-refractivity contribution in [2.24, 2.45) is 34.5 Å². The number of fused-ring (bicyclic) bond motifs is 5. The Labute approximate surface area is 202 Å². The van der Waals surface area contributed by atoms with Crippen molar-refractivity contribution in [3.05, 3.63) is 34.9 Å². The van der Waals surface area contributed by atoms with Crippen molar-refractivity contribution in [1.82, 2.24) is 0 Å². The van der Waals surface area contributed by atoms with E-state index in [9.17, 15) is 14.7 Å². The largest absolute Gasteiger partial charge is 0.451 e. The number of ether oxygens (including phenoxy) is 3. The second kappa shape index (κ2) is 7.14. The molecule has 2 bridgehead atoms. The normalized spacial score (nSPS) is 46.1. The average Bonchev–Trinajstić information content (AvgIpc) is 3.25. The Morgan fingerprint density at radius 3 is 2.59 bits per heavy atom. The van der Waals surface area contributed by atoms with E-state index < -0.39 is 35.0 Å². The van der Waals surface area contributed by atoms with Gasteiger partial charge in [0.25, 0.3) is 0 Å². The van der Waals surface area contributed by atoms with Gasteiger partial charge in [0.15, 0.2) is 23.3 Å². The number of rotatable bonds is 2. The van der Waals surface area contributed by atoms with E-state index in [0.29, 0.717) is 17.1 Å². The van der Waals surface area contributed by atoms with Crippen molar-refractivity contribution in [1.29, 1.82) is 0 Å². The molecule has 0 radical (unpaired) electrons. The van der Waals surface area contributed by atoms with Crippen molar-refractivity contribution < 1.29 is 28.9 Å². The van der Waals surface area contributed by atoms with Gasteiger partial charge in [0.05, 0.1) is 12.0 Å². The molecule has 6 nitrogen and oxygen atoms in total. The summed E-state index contributed by atoms with van der Waals surface area (Å²) < 4.78 is 18.4. The summed E-state index contributed by atoms with van der Waals surface area (Å²) in [5.74, 6) is -1.30. The molecule has 0 aromatic rings. The number of carbonyl (C=O) groups is 2. The fraction of sp³-hybridized carbons (Fsp3) is 0.714. The van der Waals surface area contributed by atoms with Crippen molar-refractivity contribution in [2.75, 3.05) is 6.61 Å². The smallest absolute Gasteiger partial charge is 0.334 e. The van der Waals surface area contributed by atoms with E-state index in [0.717, 1.165) is 12.0 Å². The zero-order chi connectivity index (χ0) is 25.0. The highest BCUT2D eigenvalue weighted by molar-refractivity contribution is 5.96. The van der Waals surface area contributed by atoms with Crippen molar-refractivity contribution in [3.8, 4) is 0 Å². The first-order valence-corrected chi connectivity index (χ1v) is 12.5. The predicted molar refractivity (Wildman–Crippen MR) is 126 cm³/mol. The molecule has 3 fully saturated rings. The van der Waals surface area contributed by atoms with Gasteiger partial charge in [-0.05, 0) is 75.4 Å². The number of esters is 1. The molecule has 1 spiro atoms. The number of hydrogen-bond donors (Lipinski definition) is 1. The Kier molecular flexibility index (Phi) is 5.03.